The number of hydrazine groups is 1. The Morgan fingerprint density at radius 3 is 2.48 bits per heavy atom. The molecular formula is C21H32F3N5O4. The zero-order valence-corrected chi connectivity index (χ0v) is 19.2. The number of nitrogens with zero attached hydrogens (tertiary/aromatic N) is 1. The van der Waals surface area contributed by atoms with E-state index in [4.69, 9.17) is 0 Å². The van der Waals surface area contributed by atoms with E-state index in [0.29, 0.717) is 19.4 Å². The predicted molar refractivity (Wildman–Crippen MR) is 111 cm³/mol. The smallest absolute Gasteiger partial charge is 0.356 e. The molecule has 0 spiro atoms. The van der Waals surface area contributed by atoms with Crippen LogP contribution in [0.4, 0.5) is 13.2 Å². The zero-order valence-electron chi connectivity index (χ0n) is 19.2. The Morgan fingerprint density at radius 2 is 1.94 bits per heavy atom. The van der Waals surface area contributed by atoms with Gasteiger partial charge in [0, 0.05) is 19.6 Å². The molecule has 2 saturated heterocycles. The molecule has 3 aliphatic rings. The minimum Gasteiger partial charge on any atom is -0.356 e. The third kappa shape index (κ3) is 4.95. The third-order valence-corrected chi connectivity index (χ3v) is 7.51. The summed E-state index contributed by atoms with van der Waals surface area (Å²) in [6, 6.07) is -2.27. The largest absolute Gasteiger partial charge is 0.471 e. The molecule has 0 aromatic rings. The van der Waals surface area contributed by atoms with Crippen LogP contribution in [-0.4, -0.2) is 66.4 Å². The number of alkyl halides is 3. The summed E-state index contributed by atoms with van der Waals surface area (Å²) in [5, 5.41) is 4.54. The fraction of sp³-hybridized carbons (Fsp3) is 0.810. The Labute approximate surface area is 190 Å². The summed E-state index contributed by atoms with van der Waals surface area (Å²) in [7, 11) is 0. The standard InChI is InChI=1S/C21H32F3N5O4/c1-5-10(2)14(27-19(33)21(22,23)24)18(32)29-9-12-13(20(12,3)4)15(29)17(31)28-26-8-11-6-7-25-16(11)30/h10-15,26H,5-9H2,1-4H3,(H,25,30)(H,27,33)(H,28,31)/t10?,11-,12-,13-,14?,15?/m0/s1. The van der Waals surface area contributed by atoms with Gasteiger partial charge in [-0.2, -0.15) is 13.2 Å². The van der Waals surface area contributed by atoms with Crippen molar-refractivity contribution in [2.45, 2.75) is 58.8 Å². The molecular weight excluding hydrogens is 443 g/mol. The zero-order chi connectivity index (χ0) is 24.7. The molecule has 1 aliphatic carbocycles. The van der Waals surface area contributed by atoms with Gasteiger partial charge >= 0.3 is 12.1 Å². The molecule has 2 aliphatic heterocycles. The number of carbonyl (C=O) groups excluding carboxylic acids is 4. The molecule has 0 bridgehead atoms. The van der Waals surface area contributed by atoms with E-state index >= 15 is 0 Å². The summed E-state index contributed by atoms with van der Waals surface area (Å²) >= 11 is 0. The van der Waals surface area contributed by atoms with Crippen molar-refractivity contribution in [3.8, 4) is 0 Å². The van der Waals surface area contributed by atoms with Crippen molar-refractivity contribution in [2.75, 3.05) is 19.6 Å². The molecule has 12 heteroatoms. The molecule has 4 amide bonds. The number of likely N-dealkylation sites (tertiary alicyclic amines) is 1. The van der Waals surface area contributed by atoms with E-state index in [0.717, 1.165) is 0 Å². The van der Waals surface area contributed by atoms with Crippen LogP contribution in [0.5, 0.6) is 0 Å². The number of amides is 4. The number of halogens is 3. The molecule has 2 heterocycles. The van der Waals surface area contributed by atoms with Crippen LogP contribution in [-0.2, 0) is 19.2 Å². The van der Waals surface area contributed by atoms with Crippen LogP contribution in [0.1, 0.15) is 40.5 Å². The number of hydrogen-bond donors (Lipinski definition) is 4. The predicted octanol–water partition coefficient (Wildman–Crippen LogP) is 0.320. The second kappa shape index (κ2) is 9.11. The average molecular weight is 476 g/mol. The molecule has 0 aromatic carbocycles. The lowest BCUT2D eigenvalue weighted by atomic mass is 9.95. The Hall–Kier alpha value is -2.37. The second-order valence-electron chi connectivity index (χ2n) is 9.87. The lowest BCUT2D eigenvalue weighted by Crippen LogP contribution is -2.59. The lowest BCUT2D eigenvalue weighted by Gasteiger charge is -2.34. The fourth-order valence-electron chi connectivity index (χ4n) is 5.07. The van der Waals surface area contributed by atoms with Crippen molar-refractivity contribution in [3.05, 3.63) is 0 Å². The van der Waals surface area contributed by atoms with Gasteiger partial charge in [-0.15, -0.1) is 0 Å². The fourth-order valence-corrected chi connectivity index (χ4v) is 5.07. The minimum atomic E-state index is -5.12. The van der Waals surface area contributed by atoms with Crippen molar-refractivity contribution in [1.82, 2.24) is 26.4 Å². The van der Waals surface area contributed by atoms with Gasteiger partial charge in [-0.05, 0) is 29.6 Å². The summed E-state index contributed by atoms with van der Waals surface area (Å²) in [4.78, 5) is 50.9. The van der Waals surface area contributed by atoms with Crippen molar-refractivity contribution in [3.63, 3.8) is 0 Å². The van der Waals surface area contributed by atoms with E-state index in [1.807, 2.05) is 19.2 Å². The molecule has 0 radical (unpaired) electrons. The topological polar surface area (TPSA) is 120 Å². The molecule has 33 heavy (non-hydrogen) atoms. The second-order valence-corrected chi connectivity index (χ2v) is 9.87. The first-order valence-electron chi connectivity index (χ1n) is 11.3. The molecule has 3 rings (SSSR count). The van der Waals surface area contributed by atoms with Crippen molar-refractivity contribution in [2.24, 2.45) is 29.1 Å². The van der Waals surface area contributed by atoms with Crippen LogP contribution in [0.15, 0.2) is 0 Å². The van der Waals surface area contributed by atoms with Gasteiger partial charge in [0.2, 0.25) is 11.8 Å². The maximum absolute atomic E-state index is 13.3. The highest BCUT2D eigenvalue weighted by atomic mass is 19.4. The number of fused-ring (bicyclic) bond motifs is 1. The molecule has 6 atom stereocenters. The average Bonchev–Trinajstić information content (AvgIpc) is 3.11. The highest BCUT2D eigenvalue weighted by molar-refractivity contribution is 5.94. The highest BCUT2D eigenvalue weighted by Crippen LogP contribution is 2.64. The van der Waals surface area contributed by atoms with Crippen LogP contribution in [0.25, 0.3) is 0 Å². The first kappa shape index (κ1) is 25.3. The molecule has 3 unspecified atom stereocenters. The normalized spacial score (nSPS) is 29.7. The number of carbonyl (C=O) groups is 4. The SMILES string of the molecule is CCC(C)C(NC(=O)C(F)(F)F)C(=O)N1C[C@H]2[C@@H](C1C(=O)NNC[C@@H]1CCNC1=O)C2(C)C. The quantitative estimate of drug-likeness (QED) is 0.377. The maximum Gasteiger partial charge on any atom is 0.471 e. The minimum absolute atomic E-state index is 0.0358. The molecule has 3 fully saturated rings. The van der Waals surface area contributed by atoms with E-state index in [9.17, 15) is 32.3 Å². The van der Waals surface area contributed by atoms with Crippen LogP contribution < -0.4 is 21.5 Å². The summed E-state index contributed by atoms with van der Waals surface area (Å²) < 4.78 is 38.6. The number of nitrogens with one attached hydrogen (secondary N) is 4. The van der Waals surface area contributed by atoms with Gasteiger partial charge in [-0.3, -0.25) is 24.6 Å². The molecule has 0 aromatic heterocycles. The third-order valence-electron chi connectivity index (χ3n) is 7.51. The van der Waals surface area contributed by atoms with Gasteiger partial charge in [0.15, 0.2) is 0 Å². The molecule has 4 N–H and O–H groups in total. The molecule has 1 saturated carbocycles. The van der Waals surface area contributed by atoms with E-state index < -0.39 is 41.9 Å². The Kier molecular flexibility index (Phi) is 6.97. The van der Waals surface area contributed by atoms with Crippen LogP contribution in [0, 0.1) is 29.1 Å². The summed E-state index contributed by atoms with van der Waals surface area (Å²) in [6.07, 6.45) is -4.11. The van der Waals surface area contributed by atoms with Crippen molar-refractivity contribution >= 4 is 23.6 Å². The van der Waals surface area contributed by atoms with Gasteiger partial charge < -0.3 is 15.5 Å². The first-order valence-corrected chi connectivity index (χ1v) is 11.3. The summed E-state index contributed by atoms with van der Waals surface area (Å²) in [6.45, 7) is 8.30. The molecule has 186 valence electrons. The Morgan fingerprint density at radius 1 is 1.27 bits per heavy atom. The Balaban J connectivity index is 1.72. The van der Waals surface area contributed by atoms with Crippen LogP contribution >= 0.6 is 0 Å². The van der Waals surface area contributed by atoms with Gasteiger partial charge in [0.05, 0.1) is 5.92 Å². The van der Waals surface area contributed by atoms with Crippen molar-refractivity contribution in [1.29, 1.82) is 0 Å². The maximum atomic E-state index is 13.3. The number of hydrogen-bond acceptors (Lipinski definition) is 5. The highest BCUT2D eigenvalue weighted by Gasteiger charge is 2.69. The summed E-state index contributed by atoms with van der Waals surface area (Å²) in [5.74, 6) is -4.40. The lowest BCUT2D eigenvalue weighted by molar-refractivity contribution is -0.175. The van der Waals surface area contributed by atoms with E-state index in [1.54, 1.807) is 13.8 Å². The van der Waals surface area contributed by atoms with Crippen LogP contribution in [0.3, 0.4) is 0 Å². The van der Waals surface area contributed by atoms with Crippen molar-refractivity contribution < 1.29 is 32.3 Å². The molecule has 9 nitrogen and oxygen atoms in total. The van der Waals surface area contributed by atoms with Gasteiger partial charge in [0.1, 0.15) is 12.1 Å². The summed E-state index contributed by atoms with van der Waals surface area (Å²) in [5.41, 5.74) is 5.14. The van der Waals surface area contributed by atoms with E-state index in [1.165, 1.54) is 4.90 Å². The van der Waals surface area contributed by atoms with E-state index in [-0.39, 0.29) is 42.2 Å². The van der Waals surface area contributed by atoms with E-state index in [2.05, 4.69) is 16.2 Å². The Bertz CT molecular complexity index is 818. The monoisotopic (exact) mass is 475 g/mol. The van der Waals surface area contributed by atoms with Gasteiger partial charge in [-0.25, -0.2) is 5.43 Å². The number of rotatable bonds is 8. The first-order chi connectivity index (χ1) is 15.3. The van der Waals surface area contributed by atoms with Crippen LogP contribution in [0.2, 0.25) is 0 Å². The van der Waals surface area contributed by atoms with Gasteiger partial charge in [-0.1, -0.05) is 34.1 Å². The van der Waals surface area contributed by atoms with Gasteiger partial charge in [0.25, 0.3) is 5.91 Å². The number of piperidine rings is 1.